The summed E-state index contributed by atoms with van der Waals surface area (Å²) in [5, 5.41) is 4.07. The summed E-state index contributed by atoms with van der Waals surface area (Å²) in [7, 11) is 3.45. The Hall–Kier alpha value is -2.40. The molecule has 2 aromatic rings. The van der Waals surface area contributed by atoms with Crippen molar-refractivity contribution in [3.63, 3.8) is 0 Å². The Morgan fingerprint density at radius 1 is 1.00 bits per heavy atom. The Bertz CT molecular complexity index is 667. The molecule has 0 atom stereocenters. The molecule has 0 heterocycles. The van der Waals surface area contributed by atoms with Gasteiger partial charge in [-0.05, 0) is 36.2 Å². The van der Waals surface area contributed by atoms with Crippen molar-refractivity contribution >= 4 is 23.3 Å². The number of unbranched alkanes of at least 4 members (excludes halogenated alkanes) is 2. The van der Waals surface area contributed by atoms with Crippen molar-refractivity contribution in [1.82, 2.24) is 10.2 Å². The van der Waals surface area contributed by atoms with Gasteiger partial charge in [-0.15, -0.1) is 0 Å². The number of rotatable bonds is 9. The molecule has 0 aliphatic heterocycles. The monoisotopic (exact) mass is 384 g/mol. The minimum atomic E-state index is -0.147. The van der Waals surface area contributed by atoms with Crippen LogP contribution in [0.3, 0.4) is 0 Å². The fourth-order valence-electron chi connectivity index (χ4n) is 3.02. The third kappa shape index (κ3) is 6.68. The molecule has 0 spiro atoms. The first-order valence-corrected chi connectivity index (χ1v) is 9.71. The number of thiocarbonyl (C=S) groups is 1. The predicted octanol–water partition coefficient (Wildman–Crippen LogP) is 4.32. The Morgan fingerprint density at radius 2 is 1.56 bits per heavy atom. The van der Waals surface area contributed by atoms with E-state index in [1.165, 1.54) is 18.2 Å². The lowest BCUT2D eigenvalue weighted by atomic mass is 9.98. The normalized spacial score (nSPS) is 10.5. The number of hydrogen-bond donors (Lipinski definition) is 1. The van der Waals surface area contributed by atoms with Crippen LogP contribution in [0.25, 0.3) is 0 Å². The van der Waals surface area contributed by atoms with Gasteiger partial charge in [0.2, 0.25) is 0 Å². The molecule has 0 aromatic heterocycles. The van der Waals surface area contributed by atoms with E-state index in [1.807, 2.05) is 19.2 Å². The summed E-state index contributed by atoms with van der Waals surface area (Å²) in [6.07, 6.45) is 3.25. The van der Waals surface area contributed by atoms with E-state index in [4.69, 9.17) is 12.2 Å². The van der Waals surface area contributed by atoms with E-state index in [-0.39, 0.29) is 12.0 Å². The number of carbonyl (C=O) groups is 1. The second-order valence-electron chi connectivity index (χ2n) is 6.45. The number of nitrogens with one attached hydrogen (secondary N) is 1. The smallest absolute Gasteiger partial charge is 0.305 e. The van der Waals surface area contributed by atoms with Gasteiger partial charge >= 0.3 is 5.97 Å². The largest absolute Gasteiger partial charge is 0.469 e. The highest BCUT2D eigenvalue weighted by Gasteiger charge is 2.20. The summed E-state index contributed by atoms with van der Waals surface area (Å²) in [5.41, 5.74) is 2.40. The molecule has 4 nitrogen and oxygen atoms in total. The number of hydrogen-bond acceptors (Lipinski definition) is 3. The van der Waals surface area contributed by atoms with Crippen LogP contribution in [0.5, 0.6) is 0 Å². The second kappa shape index (κ2) is 11.3. The molecule has 0 unspecified atom stereocenters. The third-order valence-corrected chi connectivity index (χ3v) is 4.93. The standard InChI is InChI=1S/C22H28N2O2S/c1-24(22(27)23-17-11-5-10-16-20(25)26-2)21(18-12-6-3-7-13-18)19-14-8-4-9-15-19/h3-4,6-9,12-15,21H,5,10-11,16-17H2,1-2H3,(H,23,27). The molecular weight excluding hydrogens is 356 g/mol. The van der Waals surface area contributed by atoms with E-state index in [0.717, 1.165) is 30.9 Å². The van der Waals surface area contributed by atoms with E-state index in [0.29, 0.717) is 6.42 Å². The molecule has 0 saturated heterocycles. The van der Waals surface area contributed by atoms with E-state index in [2.05, 4.69) is 63.5 Å². The maximum Gasteiger partial charge on any atom is 0.305 e. The Morgan fingerprint density at radius 3 is 2.07 bits per heavy atom. The Kier molecular flexibility index (Phi) is 8.78. The molecule has 0 bridgehead atoms. The van der Waals surface area contributed by atoms with Gasteiger partial charge in [-0.25, -0.2) is 0 Å². The Labute approximate surface area is 167 Å². The number of esters is 1. The van der Waals surface area contributed by atoms with Crippen molar-refractivity contribution in [2.45, 2.75) is 31.7 Å². The lowest BCUT2D eigenvalue weighted by molar-refractivity contribution is -0.140. The molecule has 2 rings (SSSR count). The summed E-state index contributed by atoms with van der Waals surface area (Å²) in [5.74, 6) is -0.147. The van der Waals surface area contributed by atoms with Gasteiger partial charge in [-0.3, -0.25) is 4.79 Å². The van der Waals surface area contributed by atoms with Crippen LogP contribution in [-0.4, -0.2) is 36.7 Å². The summed E-state index contributed by atoms with van der Waals surface area (Å²) in [6.45, 7) is 0.792. The van der Waals surface area contributed by atoms with E-state index in [9.17, 15) is 4.79 Å². The fraction of sp³-hybridized carbons (Fsp3) is 0.364. The maximum absolute atomic E-state index is 11.1. The average molecular weight is 385 g/mol. The second-order valence-corrected chi connectivity index (χ2v) is 6.84. The molecule has 0 aliphatic carbocycles. The van der Waals surface area contributed by atoms with Gasteiger partial charge in [0.15, 0.2) is 5.11 Å². The van der Waals surface area contributed by atoms with Gasteiger partial charge in [0.1, 0.15) is 0 Å². The lowest BCUT2D eigenvalue weighted by Gasteiger charge is -2.31. The topological polar surface area (TPSA) is 41.6 Å². The average Bonchev–Trinajstić information content (AvgIpc) is 2.71. The summed E-state index contributed by atoms with van der Waals surface area (Å²) in [4.78, 5) is 13.2. The van der Waals surface area contributed by atoms with E-state index >= 15 is 0 Å². The molecule has 1 N–H and O–H groups in total. The first-order valence-electron chi connectivity index (χ1n) is 9.31. The third-order valence-electron chi connectivity index (χ3n) is 4.50. The molecule has 0 saturated carbocycles. The molecule has 0 amide bonds. The van der Waals surface area contributed by atoms with Gasteiger partial charge in [0.25, 0.3) is 0 Å². The van der Waals surface area contributed by atoms with Crippen molar-refractivity contribution < 1.29 is 9.53 Å². The van der Waals surface area contributed by atoms with Crippen molar-refractivity contribution in [3.8, 4) is 0 Å². The highest BCUT2D eigenvalue weighted by Crippen LogP contribution is 2.27. The van der Waals surface area contributed by atoms with Gasteiger partial charge in [0.05, 0.1) is 13.2 Å². The first kappa shape index (κ1) is 20.9. The number of carbonyl (C=O) groups excluding carboxylic acids is 1. The first-order chi connectivity index (χ1) is 13.1. The van der Waals surface area contributed by atoms with Crippen molar-refractivity contribution in [2.24, 2.45) is 0 Å². The fourth-order valence-corrected chi connectivity index (χ4v) is 3.23. The van der Waals surface area contributed by atoms with Gasteiger partial charge in [0, 0.05) is 20.0 Å². The highest BCUT2D eigenvalue weighted by atomic mass is 32.1. The number of nitrogens with zero attached hydrogens (tertiary/aromatic N) is 1. The molecule has 0 fully saturated rings. The quantitative estimate of drug-likeness (QED) is 0.396. The van der Waals surface area contributed by atoms with Gasteiger partial charge in [-0.1, -0.05) is 67.1 Å². The lowest BCUT2D eigenvalue weighted by Crippen LogP contribution is -2.40. The van der Waals surface area contributed by atoms with Crippen LogP contribution in [0.4, 0.5) is 0 Å². The zero-order valence-corrected chi connectivity index (χ0v) is 16.9. The number of benzene rings is 2. The minimum Gasteiger partial charge on any atom is -0.469 e. The molecule has 5 heteroatoms. The summed E-state index contributed by atoms with van der Waals surface area (Å²) >= 11 is 5.63. The van der Waals surface area contributed by atoms with Crippen LogP contribution in [0, 0.1) is 0 Å². The van der Waals surface area contributed by atoms with Crippen LogP contribution < -0.4 is 5.32 Å². The molecule has 0 radical (unpaired) electrons. The Balaban J connectivity index is 1.92. The molecule has 2 aromatic carbocycles. The summed E-state index contributed by atoms with van der Waals surface area (Å²) < 4.78 is 4.65. The van der Waals surface area contributed by atoms with Crippen LogP contribution in [0.1, 0.15) is 42.9 Å². The van der Waals surface area contributed by atoms with Crippen LogP contribution in [0.2, 0.25) is 0 Å². The molecule has 0 aliphatic rings. The highest BCUT2D eigenvalue weighted by molar-refractivity contribution is 7.80. The van der Waals surface area contributed by atoms with Crippen molar-refractivity contribution in [3.05, 3.63) is 71.8 Å². The van der Waals surface area contributed by atoms with Crippen LogP contribution >= 0.6 is 12.2 Å². The van der Waals surface area contributed by atoms with E-state index in [1.54, 1.807) is 0 Å². The molecule has 144 valence electrons. The van der Waals surface area contributed by atoms with Gasteiger partial charge in [-0.2, -0.15) is 0 Å². The van der Waals surface area contributed by atoms with Crippen LogP contribution in [-0.2, 0) is 9.53 Å². The van der Waals surface area contributed by atoms with Crippen molar-refractivity contribution in [1.29, 1.82) is 0 Å². The van der Waals surface area contributed by atoms with Gasteiger partial charge < -0.3 is 15.0 Å². The zero-order valence-electron chi connectivity index (χ0n) is 16.1. The number of ether oxygens (including phenoxy) is 1. The summed E-state index contributed by atoms with van der Waals surface area (Å²) in [6, 6.07) is 20.8. The van der Waals surface area contributed by atoms with Crippen molar-refractivity contribution in [2.75, 3.05) is 20.7 Å². The predicted molar refractivity (Wildman–Crippen MR) is 114 cm³/mol. The minimum absolute atomic E-state index is 0.0618. The van der Waals surface area contributed by atoms with E-state index < -0.39 is 0 Å². The number of methoxy groups -OCH3 is 1. The molecular formula is C22H28N2O2S. The zero-order chi connectivity index (χ0) is 19.5. The maximum atomic E-state index is 11.1. The van der Waals surface area contributed by atoms with Crippen LogP contribution in [0.15, 0.2) is 60.7 Å². The SMILES string of the molecule is COC(=O)CCCCCNC(=S)N(C)C(c1ccccc1)c1ccccc1. The molecule has 27 heavy (non-hydrogen) atoms.